The molecule has 1 aromatic heterocycles. The largest absolute Gasteiger partial charge is 0.378 e. The molecule has 1 N–H and O–H groups in total. The number of nitrogens with one attached hydrogen (secondary N) is 1. The summed E-state index contributed by atoms with van der Waals surface area (Å²) in [4.78, 5) is 34.3. The maximum absolute atomic E-state index is 12.9. The Morgan fingerprint density at radius 2 is 1.68 bits per heavy atom. The molecular weight excluding hydrogens is 354 g/mol. The molecule has 0 atom stereocenters. The van der Waals surface area contributed by atoms with Crippen LogP contribution in [0.15, 0.2) is 24.3 Å². The van der Waals surface area contributed by atoms with Crippen molar-refractivity contribution in [2.24, 2.45) is 0 Å². The lowest BCUT2D eigenvalue weighted by Crippen LogP contribution is -2.31. The van der Waals surface area contributed by atoms with Crippen molar-refractivity contribution < 1.29 is 9.59 Å². The van der Waals surface area contributed by atoms with Gasteiger partial charge in [-0.15, -0.1) is 0 Å². The van der Waals surface area contributed by atoms with E-state index in [4.69, 9.17) is 0 Å². The van der Waals surface area contributed by atoms with E-state index in [2.05, 4.69) is 10.3 Å². The first kappa shape index (κ1) is 18.5. The second kappa shape index (κ2) is 7.66. The van der Waals surface area contributed by atoms with Gasteiger partial charge in [-0.3, -0.25) is 9.59 Å². The van der Waals surface area contributed by atoms with Crippen molar-refractivity contribution in [3.05, 3.63) is 41.5 Å². The number of fused-ring (bicyclic) bond motifs is 1. The van der Waals surface area contributed by atoms with Crippen molar-refractivity contribution in [3.8, 4) is 0 Å². The van der Waals surface area contributed by atoms with Crippen molar-refractivity contribution >= 4 is 23.2 Å². The topological polar surface area (TPSA) is 70.5 Å². The quantitative estimate of drug-likeness (QED) is 0.884. The van der Waals surface area contributed by atoms with Gasteiger partial charge in [0.1, 0.15) is 0 Å². The van der Waals surface area contributed by atoms with Gasteiger partial charge in [0.15, 0.2) is 11.5 Å². The maximum atomic E-state index is 12.9. The van der Waals surface area contributed by atoms with Gasteiger partial charge in [0.2, 0.25) is 0 Å². The van der Waals surface area contributed by atoms with E-state index in [0.29, 0.717) is 11.5 Å². The molecule has 7 heteroatoms. The molecule has 0 aliphatic carbocycles. The Morgan fingerprint density at radius 3 is 2.36 bits per heavy atom. The number of carbonyl (C=O) groups is 2. The fraction of sp³-hybridized carbons (Fsp3) is 0.476. The van der Waals surface area contributed by atoms with Gasteiger partial charge in [-0.05, 0) is 56.4 Å². The van der Waals surface area contributed by atoms with Crippen molar-refractivity contribution in [1.82, 2.24) is 14.5 Å². The van der Waals surface area contributed by atoms with Crippen molar-refractivity contribution in [3.63, 3.8) is 0 Å². The highest BCUT2D eigenvalue weighted by Gasteiger charge is 2.30. The molecule has 0 saturated carbocycles. The third-order valence-electron chi connectivity index (χ3n) is 5.56. The van der Waals surface area contributed by atoms with E-state index < -0.39 is 0 Å². The SMILES string of the molecule is CN(C)c1ccc(NC(=O)c2nc(C(=O)N3CCCC3)n3c2CCCC3)cc1. The number of likely N-dealkylation sites (tertiary alicyclic amines) is 1. The van der Waals surface area contributed by atoms with Crippen LogP contribution in [0.4, 0.5) is 11.4 Å². The summed E-state index contributed by atoms with van der Waals surface area (Å²) in [5.41, 5.74) is 3.06. The molecule has 1 fully saturated rings. The summed E-state index contributed by atoms with van der Waals surface area (Å²) in [5.74, 6) is 0.128. The zero-order valence-electron chi connectivity index (χ0n) is 16.6. The molecule has 0 spiro atoms. The Bertz CT molecular complexity index is 879. The number of rotatable bonds is 4. The molecule has 1 saturated heterocycles. The Morgan fingerprint density at radius 1 is 1.00 bits per heavy atom. The van der Waals surface area contributed by atoms with Crippen LogP contribution in [-0.4, -0.2) is 53.5 Å². The molecule has 4 rings (SSSR count). The minimum atomic E-state index is -0.247. The van der Waals surface area contributed by atoms with Crippen molar-refractivity contribution in [1.29, 1.82) is 0 Å². The zero-order chi connectivity index (χ0) is 19.7. The number of anilines is 2. The first-order chi connectivity index (χ1) is 13.5. The lowest BCUT2D eigenvalue weighted by atomic mass is 10.1. The molecule has 0 unspecified atom stereocenters. The molecule has 2 amide bonds. The highest BCUT2D eigenvalue weighted by Crippen LogP contribution is 2.24. The van der Waals surface area contributed by atoms with Gasteiger partial charge in [0.05, 0.1) is 5.69 Å². The maximum Gasteiger partial charge on any atom is 0.289 e. The molecule has 3 heterocycles. The monoisotopic (exact) mass is 381 g/mol. The fourth-order valence-corrected chi connectivity index (χ4v) is 3.98. The Balaban J connectivity index is 1.59. The Hall–Kier alpha value is -2.83. The smallest absolute Gasteiger partial charge is 0.289 e. The van der Waals surface area contributed by atoms with Gasteiger partial charge in [-0.1, -0.05) is 0 Å². The number of aromatic nitrogens is 2. The van der Waals surface area contributed by atoms with E-state index in [1.807, 2.05) is 52.7 Å². The van der Waals surface area contributed by atoms with Crippen LogP contribution in [0.1, 0.15) is 52.5 Å². The predicted molar refractivity (Wildman–Crippen MR) is 109 cm³/mol. The molecule has 1 aromatic carbocycles. The summed E-state index contributed by atoms with van der Waals surface area (Å²) in [6, 6.07) is 7.68. The van der Waals surface area contributed by atoms with E-state index in [1.54, 1.807) is 0 Å². The minimum Gasteiger partial charge on any atom is -0.378 e. The third kappa shape index (κ3) is 3.48. The molecule has 28 heavy (non-hydrogen) atoms. The summed E-state index contributed by atoms with van der Waals surface area (Å²) in [5, 5.41) is 2.94. The number of benzene rings is 1. The van der Waals surface area contributed by atoms with Gasteiger partial charge in [-0.2, -0.15) is 0 Å². The molecule has 2 aliphatic heterocycles. The van der Waals surface area contributed by atoms with E-state index in [0.717, 1.165) is 68.8 Å². The van der Waals surface area contributed by atoms with Gasteiger partial charge in [-0.25, -0.2) is 4.98 Å². The summed E-state index contributed by atoms with van der Waals surface area (Å²) < 4.78 is 1.97. The van der Waals surface area contributed by atoms with Crippen LogP contribution in [0, 0.1) is 0 Å². The van der Waals surface area contributed by atoms with E-state index in [-0.39, 0.29) is 11.8 Å². The molecular formula is C21H27N5O2. The van der Waals surface area contributed by atoms with Crippen molar-refractivity contribution in [2.45, 2.75) is 38.6 Å². The number of hydrogen-bond donors (Lipinski definition) is 1. The Labute approximate surface area is 165 Å². The first-order valence-electron chi connectivity index (χ1n) is 10.0. The van der Waals surface area contributed by atoms with Gasteiger partial charge in [0, 0.05) is 45.1 Å². The molecule has 0 radical (unpaired) electrons. The lowest BCUT2D eigenvalue weighted by Gasteiger charge is -2.19. The molecule has 148 valence electrons. The number of imidazole rings is 1. The molecule has 0 bridgehead atoms. The van der Waals surface area contributed by atoms with Gasteiger partial charge < -0.3 is 19.7 Å². The number of amides is 2. The average Bonchev–Trinajstić information content (AvgIpc) is 3.36. The highest BCUT2D eigenvalue weighted by atomic mass is 16.2. The van der Waals surface area contributed by atoms with Crippen LogP contribution in [0.5, 0.6) is 0 Å². The predicted octanol–water partition coefficient (Wildman–Crippen LogP) is 2.77. The molecule has 7 nitrogen and oxygen atoms in total. The standard InChI is InChI=1S/C21H27N5O2/c1-24(2)16-10-8-15(9-11-16)22-20(27)18-17-7-3-4-14-26(17)19(23-18)21(28)25-12-5-6-13-25/h8-11H,3-7,12-14H2,1-2H3,(H,22,27). The zero-order valence-corrected chi connectivity index (χ0v) is 16.6. The van der Waals surface area contributed by atoms with Gasteiger partial charge >= 0.3 is 0 Å². The average molecular weight is 381 g/mol. The van der Waals surface area contributed by atoms with E-state index in [9.17, 15) is 9.59 Å². The molecule has 2 aromatic rings. The van der Waals surface area contributed by atoms with Crippen LogP contribution in [0.2, 0.25) is 0 Å². The number of hydrogen-bond acceptors (Lipinski definition) is 4. The van der Waals surface area contributed by atoms with Crippen LogP contribution < -0.4 is 10.2 Å². The van der Waals surface area contributed by atoms with Crippen molar-refractivity contribution in [2.75, 3.05) is 37.4 Å². The van der Waals surface area contributed by atoms with Crippen LogP contribution in [-0.2, 0) is 13.0 Å². The van der Waals surface area contributed by atoms with Crippen LogP contribution in [0.3, 0.4) is 0 Å². The third-order valence-corrected chi connectivity index (χ3v) is 5.56. The Kier molecular flexibility index (Phi) is 5.07. The second-order valence-corrected chi connectivity index (χ2v) is 7.73. The normalized spacial score (nSPS) is 16.0. The van der Waals surface area contributed by atoms with Crippen LogP contribution in [0.25, 0.3) is 0 Å². The summed E-state index contributed by atoms with van der Waals surface area (Å²) in [6.07, 6.45) is 4.88. The van der Waals surface area contributed by atoms with Crippen LogP contribution >= 0.6 is 0 Å². The fourth-order valence-electron chi connectivity index (χ4n) is 3.98. The summed E-state index contributed by atoms with van der Waals surface area (Å²) in [6.45, 7) is 2.31. The number of nitrogens with zero attached hydrogens (tertiary/aromatic N) is 4. The highest BCUT2D eigenvalue weighted by molar-refractivity contribution is 6.05. The second-order valence-electron chi connectivity index (χ2n) is 7.73. The minimum absolute atomic E-state index is 0.0463. The first-order valence-corrected chi connectivity index (χ1v) is 10.0. The van der Waals surface area contributed by atoms with E-state index >= 15 is 0 Å². The molecule has 2 aliphatic rings. The van der Waals surface area contributed by atoms with E-state index in [1.165, 1.54) is 0 Å². The summed E-state index contributed by atoms with van der Waals surface area (Å²) >= 11 is 0. The van der Waals surface area contributed by atoms with Gasteiger partial charge in [0.25, 0.3) is 11.8 Å². The lowest BCUT2D eigenvalue weighted by molar-refractivity contribution is 0.0774. The summed E-state index contributed by atoms with van der Waals surface area (Å²) in [7, 11) is 3.95. The number of carbonyl (C=O) groups excluding carboxylic acids is 2.